The quantitative estimate of drug-likeness (QED) is 0.791. The third-order valence-electron chi connectivity index (χ3n) is 4.01. The maximum Gasteiger partial charge on any atom is 0.162 e. The molecule has 1 fully saturated rings. The molecule has 1 atom stereocenters. The predicted octanol–water partition coefficient (Wildman–Crippen LogP) is 2.45. The van der Waals surface area contributed by atoms with Gasteiger partial charge in [-0.2, -0.15) is 0 Å². The van der Waals surface area contributed by atoms with Crippen molar-refractivity contribution in [3.63, 3.8) is 0 Å². The van der Waals surface area contributed by atoms with Crippen molar-refractivity contribution in [1.29, 1.82) is 0 Å². The van der Waals surface area contributed by atoms with Crippen molar-refractivity contribution >= 4 is 28.6 Å². The number of aromatic amines is 1. The first kappa shape index (κ1) is 14.2. The SMILES string of the molecule is Clc1ccncc1OCC1CCCN1c1ncnc2[nH]cnc12. The fourth-order valence-electron chi connectivity index (χ4n) is 2.91. The number of hydrogen-bond acceptors (Lipinski definition) is 6. The van der Waals surface area contributed by atoms with Gasteiger partial charge in [-0.25, -0.2) is 15.0 Å². The number of pyridine rings is 1. The molecule has 1 unspecified atom stereocenters. The Morgan fingerprint density at radius 3 is 3.22 bits per heavy atom. The van der Waals surface area contributed by atoms with Crippen LogP contribution in [0, 0.1) is 0 Å². The van der Waals surface area contributed by atoms with Crippen molar-refractivity contribution in [2.75, 3.05) is 18.1 Å². The molecule has 23 heavy (non-hydrogen) atoms. The second-order valence-electron chi connectivity index (χ2n) is 5.40. The van der Waals surface area contributed by atoms with E-state index in [1.807, 2.05) is 0 Å². The Labute approximate surface area is 137 Å². The summed E-state index contributed by atoms with van der Waals surface area (Å²) in [5.41, 5.74) is 1.54. The molecule has 0 aliphatic carbocycles. The standard InChI is InChI=1S/C15H15ClN6O/c16-11-3-4-17-6-12(11)23-7-10-2-1-5-22(10)15-13-14(19-8-18-13)20-9-21-15/h3-4,6,8-10H,1-2,5,7H2,(H,18,19,20,21). The minimum atomic E-state index is 0.223. The average Bonchev–Trinajstić information content (AvgIpc) is 3.22. The van der Waals surface area contributed by atoms with Gasteiger partial charge in [0.05, 0.1) is 23.6 Å². The van der Waals surface area contributed by atoms with Crippen LogP contribution in [0.4, 0.5) is 5.82 Å². The molecular weight excluding hydrogens is 316 g/mol. The monoisotopic (exact) mass is 330 g/mol. The van der Waals surface area contributed by atoms with E-state index in [0.717, 1.165) is 36.4 Å². The third kappa shape index (κ3) is 2.68. The summed E-state index contributed by atoms with van der Waals surface area (Å²) in [6.45, 7) is 1.45. The van der Waals surface area contributed by atoms with Gasteiger partial charge < -0.3 is 14.6 Å². The molecule has 118 valence electrons. The Kier molecular flexibility index (Phi) is 3.70. The fraction of sp³-hybridized carbons (Fsp3) is 0.333. The highest BCUT2D eigenvalue weighted by Gasteiger charge is 2.28. The zero-order valence-electron chi connectivity index (χ0n) is 12.3. The van der Waals surface area contributed by atoms with Crippen LogP contribution < -0.4 is 9.64 Å². The van der Waals surface area contributed by atoms with E-state index in [2.05, 4.69) is 29.8 Å². The van der Waals surface area contributed by atoms with Gasteiger partial charge in [-0.15, -0.1) is 0 Å². The minimum absolute atomic E-state index is 0.223. The van der Waals surface area contributed by atoms with Crippen LogP contribution in [0.1, 0.15) is 12.8 Å². The maximum atomic E-state index is 6.11. The molecule has 0 bridgehead atoms. The number of imidazole rings is 1. The van der Waals surface area contributed by atoms with E-state index < -0.39 is 0 Å². The number of nitrogens with one attached hydrogen (secondary N) is 1. The molecule has 0 aromatic carbocycles. The highest BCUT2D eigenvalue weighted by molar-refractivity contribution is 6.31. The van der Waals surface area contributed by atoms with Crippen molar-refractivity contribution in [2.45, 2.75) is 18.9 Å². The lowest BCUT2D eigenvalue weighted by Gasteiger charge is -2.25. The molecule has 7 nitrogen and oxygen atoms in total. The van der Waals surface area contributed by atoms with E-state index in [1.165, 1.54) is 0 Å². The smallest absolute Gasteiger partial charge is 0.162 e. The number of aromatic nitrogens is 5. The van der Waals surface area contributed by atoms with Crippen molar-refractivity contribution in [3.05, 3.63) is 36.1 Å². The van der Waals surface area contributed by atoms with Gasteiger partial charge in [0.25, 0.3) is 0 Å². The number of ether oxygens (including phenoxy) is 1. The third-order valence-corrected chi connectivity index (χ3v) is 4.32. The Hall–Kier alpha value is -2.41. The summed E-state index contributed by atoms with van der Waals surface area (Å²) in [4.78, 5) is 22.2. The molecular formula is C15H15ClN6O. The van der Waals surface area contributed by atoms with Crippen molar-refractivity contribution in [1.82, 2.24) is 24.9 Å². The average molecular weight is 331 g/mol. The van der Waals surface area contributed by atoms with Crippen molar-refractivity contribution in [3.8, 4) is 5.75 Å². The lowest BCUT2D eigenvalue weighted by atomic mass is 10.2. The van der Waals surface area contributed by atoms with E-state index in [1.54, 1.807) is 31.1 Å². The van der Waals surface area contributed by atoms with Crippen LogP contribution in [0.15, 0.2) is 31.1 Å². The second-order valence-corrected chi connectivity index (χ2v) is 5.81. The molecule has 1 saturated heterocycles. The van der Waals surface area contributed by atoms with E-state index in [4.69, 9.17) is 16.3 Å². The number of hydrogen-bond donors (Lipinski definition) is 1. The summed E-state index contributed by atoms with van der Waals surface area (Å²) in [6.07, 6.45) is 8.60. The molecule has 1 N–H and O–H groups in total. The van der Waals surface area contributed by atoms with E-state index in [-0.39, 0.29) is 6.04 Å². The molecule has 3 aromatic rings. The normalized spacial score (nSPS) is 17.8. The molecule has 0 radical (unpaired) electrons. The number of H-pyrrole nitrogens is 1. The zero-order chi connectivity index (χ0) is 15.6. The molecule has 3 aromatic heterocycles. The van der Waals surface area contributed by atoms with E-state index in [9.17, 15) is 0 Å². The van der Waals surface area contributed by atoms with Gasteiger partial charge in [0.1, 0.15) is 18.5 Å². The number of anilines is 1. The highest BCUT2D eigenvalue weighted by atomic mass is 35.5. The Morgan fingerprint density at radius 2 is 2.30 bits per heavy atom. The highest BCUT2D eigenvalue weighted by Crippen LogP contribution is 2.29. The van der Waals surface area contributed by atoms with Crippen LogP contribution in [-0.4, -0.2) is 44.1 Å². The van der Waals surface area contributed by atoms with Gasteiger partial charge in [-0.05, 0) is 18.9 Å². The van der Waals surface area contributed by atoms with E-state index in [0.29, 0.717) is 17.4 Å². The molecule has 1 aliphatic heterocycles. The first-order valence-electron chi connectivity index (χ1n) is 7.46. The molecule has 8 heteroatoms. The predicted molar refractivity (Wildman–Crippen MR) is 86.8 cm³/mol. The summed E-state index contributed by atoms with van der Waals surface area (Å²) in [5, 5.41) is 0.571. The molecule has 0 amide bonds. The van der Waals surface area contributed by atoms with Crippen molar-refractivity contribution in [2.24, 2.45) is 0 Å². The number of rotatable bonds is 4. The molecule has 4 heterocycles. The lowest BCUT2D eigenvalue weighted by molar-refractivity contribution is 0.287. The first-order chi connectivity index (χ1) is 11.3. The Morgan fingerprint density at radius 1 is 1.35 bits per heavy atom. The first-order valence-corrected chi connectivity index (χ1v) is 7.84. The minimum Gasteiger partial charge on any atom is -0.488 e. The van der Waals surface area contributed by atoms with Crippen LogP contribution in [0.25, 0.3) is 11.2 Å². The topological polar surface area (TPSA) is 79.8 Å². The van der Waals surface area contributed by atoms with Gasteiger partial charge in [-0.1, -0.05) is 11.6 Å². The van der Waals surface area contributed by atoms with Crippen LogP contribution in [0.5, 0.6) is 5.75 Å². The van der Waals surface area contributed by atoms with Crippen molar-refractivity contribution < 1.29 is 4.74 Å². The van der Waals surface area contributed by atoms with Crippen LogP contribution >= 0.6 is 11.6 Å². The van der Waals surface area contributed by atoms with Gasteiger partial charge in [0, 0.05) is 12.7 Å². The zero-order valence-corrected chi connectivity index (χ0v) is 13.1. The summed E-state index contributed by atoms with van der Waals surface area (Å²) in [7, 11) is 0. The summed E-state index contributed by atoms with van der Waals surface area (Å²) < 4.78 is 5.86. The molecule has 4 rings (SSSR count). The van der Waals surface area contributed by atoms with Crippen LogP contribution in [0.2, 0.25) is 5.02 Å². The Balaban J connectivity index is 1.55. The lowest BCUT2D eigenvalue weighted by Crippen LogP contribution is -2.35. The maximum absolute atomic E-state index is 6.11. The van der Waals surface area contributed by atoms with Crippen LogP contribution in [-0.2, 0) is 0 Å². The van der Waals surface area contributed by atoms with Gasteiger partial charge in [0.2, 0.25) is 0 Å². The van der Waals surface area contributed by atoms with Crippen LogP contribution in [0.3, 0.4) is 0 Å². The summed E-state index contributed by atoms with van der Waals surface area (Å²) in [5.74, 6) is 1.45. The molecule has 0 saturated carbocycles. The van der Waals surface area contributed by atoms with Gasteiger partial charge >= 0.3 is 0 Å². The van der Waals surface area contributed by atoms with E-state index >= 15 is 0 Å². The molecule has 0 spiro atoms. The largest absolute Gasteiger partial charge is 0.488 e. The number of nitrogens with zero attached hydrogens (tertiary/aromatic N) is 5. The molecule has 1 aliphatic rings. The Bertz CT molecular complexity index is 822. The fourth-order valence-corrected chi connectivity index (χ4v) is 3.06. The number of halogens is 1. The number of fused-ring (bicyclic) bond motifs is 1. The van der Waals surface area contributed by atoms with Gasteiger partial charge in [-0.3, -0.25) is 4.98 Å². The summed E-state index contributed by atoms with van der Waals surface area (Å²) in [6, 6.07) is 1.95. The summed E-state index contributed by atoms with van der Waals surface area (Å²) >= 11 is 6.11. The van der Waals surface area contributed by atoms with Gasteiger partial charge in [0.15, 0.2) is 17.2 Å². The second kappa shape index (κ2) is 6.00.